The van der Waals surface area contributed by atoms with Crippen LogP contribution in [0.25, 0.3) is 55.8 Å². The molecule has 2 aliphatic heterocycles. The van der Waals surface area contributed by atoms with Crippen molar-refractivity contribution in [3.8, 4) is 33.6 Å². The summed E-state index contributed by atoms with van der Waals surface area (Å²) in [5.74, 6) is 2.31. The fraction of sp³-hybridized carbons (Fsp3) is 0.468. The Morgan fingerprint density at radius 2 is 1.16 bits per heavy atom. The largest absolute Gasteiger partial charge is 0.483 e. The molecular formula is C47H54N10O7. The molecule has 17 nitrogen and oxygen atoms in total. The van der Waals surface area contributed by atoms with Crippen LogP contribution in [0.4, 0.5) is 4.79 Å². The Morgan fingerprint density at radius 1 is 0.703 bits per heavy atom. The summed E-state index contributed by atoms with van der Waals surface area (Å²) in [5.41, 5.74) is 5.96. The number of carbonyl (C=O) groups excluding carboxylic acids is 3. The maximum atomic E-state index is 14.2. The molecule has 10 rings (SSSR count). The maximum absolute atomic E-state index is 14.2. The van der Waals surface area contributed by atoms with Gasteiger partial charge in [0.1, 0.15) is 45.8 Å². The van der Waals surface area contributed by atoms with Gasteiger partial charge in [0.2, 0.25) is 11.8 Å². The Labute approximate surface area is 369 Å². The van der Waals surface area contributed by atoms with E-state index >= 15 is 0 Å². The molecule has 2 saturated carbocycles. The van der Waals surface area contributed by atoms with E-state index in [1.807, 2.05) is 68.0 Å². The number of fused-ring (bicyclic) bond motifs is 6. The summed E-state index contributed by atoms with van der Waals surface area (Å²) in [4.78, 5) is 70.9. The molecule has 4 fully saturated rings. The van der Waals surface area contributed by atoms with E-state index in [9.17, 15) is 14.4 Å². The van der Waals surface area contributed by atoms with E-state index in [-0.39, 0.29) is 23.7 Å². The van der Waals surface area contributed by atoms with E-state index in [1.54, 1.807) is 13.3 Å². The number of amides is 3. The van der Waals surface area contributed by atoms with Crippen molar-refractivity contribution < 1.29 is 32.7 Å². The van der Waals surface area contributed by atoms with Crippen molar-refractivity contribution >= 4 is 40.1 Å². The molecule has 4 aliphatic rings. The number of aromatic nitrogens is 6. The van der Waals surface area contributed by atoms with Gasteiger partial charge in [-0.2, -0.15) is 0 Å². The molecule has 4 bridgehead atoms. The molecule has 6 heterocycles. The molecule has 0 radical (unpaired) electrons. The van der Waals surface area contributed by atoms with Crippen molar-refractivity contribution in [2.24, 2.45) is 23.7 Å². The summed E-state index contributed by atoms with van der Waals surface area (Å²) in [7, 11) is 2.84. The number of imidazole rings is 2. The lowest BCUT2D eigenvalue weighted by atomic mass is 9.93. The number of hydrogen-bond donors (Lipinski definition) is 4. The van der Waals surface area contributed by atoms with Gasteiger partial charge in [0.15, 0.2) is 29.8 Å². The molecule has 4 N–H and O–H groups in total. The summed E-state index contributed by atoms with van der Waals surface area (Å²) >= 11 is 0. The second kappa shape index (κ2) is 15.6. The van der Waals surface area contributed by atoms with Gasteiger partial charge in [0, 0.05) is 35.3 Å². The van der Waals surface area contributed by atoms with Gasteiger partial charge in [-0.05, 0) is 80.9 Å². The minimum Gasteiger partial charge on any atom is -0.483 e. The molecule has 334 valence electrons. The summed E-state index contributed by atoms with van der Waals surface area (Å²) in [6.07, 6.45) is 11.1. The van der Waals surface area contributed by atoms with Gasteiger partial charge < -0.3 is 48.7 Å². The number of ether oxygens (including phenoxy) is 2. The lowest BCUT2D eigenvalue weighted by molar-refractivity contribution is -0.141. The first-order valence-electron chi connectivity index (χ1n) is 22.2. The predicted molar refractivity (Wildman–Crippen MR) is 236 cm³/mol. The van der Waals surface area contributed by atoms with Gasteiger partial charge in [0.05, 0.1) is 38.0 Å². The summed E-state index contributed by atoms with van der Waals surface area (Å²) < 4.78 is 22.3. The molecule has 2 aliphatic carbocycles. The van der Waals surface area contributed by atoms with Crippen molar-refractivity contribution in [3.05, 3.63) is 73.6 Å². The van der Waals surface area contributed by atoms with Gasteiger partial charge in [-0.3, -0.25) is 9.59 Å². The number of alkyl carbamates (subject to hydrolysis) is 1. The lowest BCUT2D eigenvalue weighted by Crippen LogP contribution is -2.56. The van der Waals surface area contributed by atoms with Crippen LogP contribution >= 0.6 is 0 Å². The molecule has 64 heavy (non-hydrogen) atoms. The Kier molecular flexibility index (Phi) is 10.1. The minimum atomic E-state index is -0.731. The van der Waals surface area contributed by atoms with E-state index in [1.165, 1.54) is 19.9 Å². The zero-order valence-corrected chi connectivity index (χ0v) is 37.0. The summed E-state index contributed by atoms with van der Waals surface area (Å²) in [6, 6.07) is 6.77. The zero-order valence-electron chi connectivity index (χ0n) is 37.0. The summed E-state index contributed by atoms with van der Waals surface area (Å²) in [5, 5.41) is 5.95. The average molecular weight is 871 g/mol. The first kappa shape index (κ1) is 41.4. The number of oxazole rings is 2. The van der Waals surface area contributed by atoms with Crippen LogP contribution in [0.3, 0.4) is 0 Å². The minimum absolute atomic E-state index is 0.0123. The van der Waals surface area contributed by atoms with E-state index in [2.05, 4.69) is 32.2 Å². The predicted octanol–water partition coefficient (Wildman–Crippen LogP) is 7.20. The fourth-order valence-corrected chi connectivity index (χ4v) is 11.1. The van der Waals surface area contributed by atoms with Crippen molar-refractivity contribution in [2.75, 3.05) is 27.3 Å². The second-order valence-corrected chi connectivity index (χ2v) is 18.7. The van der Waals surface area contributed by atoms with Crippen LogP contribution in [0.2, 0.25) is 0 Å². The molecule has 2 saturated heterocycles. The Morgan fingerprint density at radius 3 is 1.58 bits per heavy atom. The number of likely N-dealkylation sites (tertiary alicyclic amines) is 2. The number of carbonyl (C=O) groups is 3. The highest BCUT2D eigenvalue weighted by atomic mass is 16.5. The van der Waals surface area contributed by atoms with E-state index in [4.69, 9.17) is 33.3 Å². The van der Waals surface area contributed by atoms with Crippen molar-refractivity contribution in [1.29, 1.82) is 0 Å². The normalized spacial score (nSPS) is 23.4. The van der Waals surface area contributed by atoms with Gasteiger partial charge >= 0.3 is 6.09 Å². The molecule has 6 atom stereocenters. The summed E-state index contributed by atoms with van der Waals surface area (Å²) in [6.45, 7) is 13.0. The number of nitrogens with zero attached hydrogens (tertiary/aromatic N) is 6. The number of rotatable bonds is 13. The Hall–Kier alpha value is -6.65. The third kappa shape index (κ3) is 6.44. The fourth-order valence-electron chi connectivity index (χ4n) is 11.1. The number of benzene rings is 2. The highest BCUT2D eigenvalue weighted by Gasteiger charge is 2.58. The SMILES string of the molecule is C=C(N[C@H](C(=O)N1C[C@H]2CC[C@@]1(c1ncc(-c3ccc(-c4ccc(-c5cnc([C@@]67CC[C@H](CN6C(=O)[C@@H](NC(=O)OC)C(C)C)C7)[nH]5)c5ocnc45)c4ncoc34)[nH]1)C2)C(C)C)OC. The van der Waals surface area contributed by atoms with Crippen LogP contribution in [0.5, 0.6) is 0 Å². The molecule has 2 aromatic carbocycles. The number of aromatic amines is 2. The van der Waals surface area contributed by atoms with Crippen molar-refractivity contribution in [1.82, 2.24) is 50.3 Å². The number of methoxy groups -OCH3 is 2. The van der Waals surface area contributed by atoms with Crippen LogP contribution in [-0.2, 0) is 30.1 Å². The molecule has 17 heteroatoms. The quantitative estimate of drug-likeness (QED) is 0.0850. The number of nitrogens with one attached hydrogen (secondary N) is 4. The second-order valence-electron chi connectivity index (χ2n) is 18.7. The lowest BCUT2D eigenvalue weighted by Gasteiger charge is -2.40. The van der Waals surface area contributed by atoms with E-state index < -0.39 is 29.3 Å². The van der Waals surface area contributed by atoms with Gasteiger partial charge in [-0.1, -0.05) is 39.8 Å². The van der Waals surface area contributed by atoms with Gasteiger partial charge in [-0.15, -0.1) is 0 Å². The first-order chi connectivity index (χ1) is 30.8. The van der Waals surface area contributed by atoms with Crippen molar-refractivity contribution in [2.45, 2.75) is 89.4 Å². The third-order valence-corrected chi connectivity index (χ3v) is 14.4. The Bertz CT molecular complexity index is 2610. The average Bonchev–Trinajstić information content (AvgIpc) is 4.15. The molecular weight excluding hydrogens is 817 g/mol. The molecule has 4 aromatic heterocycles. The molecule has 0 unspecified atom stereocenters. The molecule has 0 spiro atoms. The molecule has 6 aromatic rings. The number of piperidine rings is 2. The van der Waals surface area contributed by atoms with E-state index in [0.29, 0.717) is 58.8 Å². The van der Waals surface area contributed by atoms with Gasteiger partial charge in [0.25, 0.3) is 0 Å². The number of H-pyrrole nitrogens is 2. The monoisotopic (exact) mass is 870 g/mol. The highest BCUT2D eigenvalue weighted by Crippen LogP contribution is 2.54. The Balaban J connectivity index is 0.942. The maximum Gasteiger partial charge on any atom is 0.407 e. The van der Waals surface area contributed by atoms with Gasteiger partial charge in [-0.25, -0.2) is 24.7 Å². The zero-order chi connectivity index (χ0) is 44.7. The first-order valence-corrected chi connectivity index (χ1v) is 22.2. The number of hydrogen-bond acceptors (Lipinski definition) is 12. The molecule has 3 amide bonds. The van der Waals surface area contributed by atoms with Crippen LogP contribution in [0.15, 0.2) is 70.7 Å². The van der Waals surface area contributed by atoms with Crippen molar-refractivity contribution in [3.63, 3.8) is 0 Å². The van der Waals surface area contributed by atoms with Crippen LogP contribution in [0.1, 0.15) is 77.9 Å². The third-order valence-electron chi connectivity index (χ3n) is 14.4. The van der Waals surface area contributed by atoms with Crippen LogP contribution < -0.4 is 10.6 Å². The van der Waals surface area contributed by atoms with E-state index in [0.717, 1.165) is 78.0 Å². The highest BCUT2D eigenvalue weighted by molar-refractivity contribution is 6.06. The van der Waals surface area contributed by atoms with Crippen LogP contribution in [-0.4, -0.2) is 97.0 Å². The topological polar surface area (TPSA) is 210 Å². The smallest absolute Gasteiger partial charge is 0.407 e. The standard InChI is InChI=1S/C47H54N10O7/c1-24(2)35(52-26(5)61-6)41(58)56-20-27-12-14-46(56,16-27)43-48-18-33(53-43)31-10-8-29(37-39(31)63-22-50-37)30-9-11-32(40-38(30)51-23-64-40)34-19-49-44(54-34)47-15-13-28(17-47)21-57(47)42(59)36(25(3)4)55-45(60)62-7/h8-11,18-19,22-25,27-28,35-36,52H,5,12-17,20-21H2,1-4,6-7H3,(H,48,53)(H,49,54)(H,55,60)/t27-,28-,35-,36-,46-,47-/m0/s1. The van der Waals surface area contributed by atoms with Crippen LogP contribution in [0, 0.1) is 23.7 Å².